The predicted octanol–water partition coefficient (Wildman–Crippen LogP) is 4.37. The normalized spacial score (nSPS) is 27.6. The van der Waals surface area contributed by atoms with Gasteiger partial charge in [0.25, 0.3) is 5.91 Å². The van der Waals surface area contributed by atoms with Crippen molar-refractivity contribution in [3.8, 4) is 0 Å². The first kappa shape index (κ1) is 30.1. The third kappa shape index (κ3) is 4.88. The quantitative estimate of drug-likeness (QED) is 0.395. The second-order valence-corrected chi connectivity index (χ2v) is 13.4. The fraction of sp³-hybridized carbons (Fsp3) is 0.441. The summed E-state index contributed by atoms with van der Waals surface area (Å²) in [5.41, 5.74) is 3.77. The average molecular weight is 588 g/mol. The van der Waals surface area contributed by atoms with Crippen LogP contribution in [0.15, 0.2) is 73.8 Å². The Morgan fingerprint density at radius 3 is 2.48 bits per heavy atom. The Bertz CT molecular complexity index is 1380. The molecule has 6 atom stereocenters. The van der Waals surface area contributed by atoms with Crippen LogP contribution >= 0.6 is 11.8 Å². The Hall–Kier alpha value is -3.36. The van der Waals surface area contributed by atoms with Crippen LogP contribution in [-0.4, -0.2) is 74.9 Å². The number of amides is 3. The molecule has 5 rings (SSSR count). The standard InChI is InChI=1S/C34H41N3O4S/c1-6-15-35(21-25-11-9-8-10-12-25)31(39)28-27-20-24(5)34(42-27)29(28)32(40)37(17-18-38)30(34)33(41)36(16-7-2)26-19-22(3)13-14-23(26)4/h6-14,19,24,27-30,38H,1-2,15-18,20-21H2,3-5H3/t24?,27-,28+,29+,30?,34?/m1/s1. The first-order valence-electron chi connectivity index (χ1n) is 14.7. The molecule has 2 aromatic carbocycles. The summed E-state index contributed by atoms with van der Waals surface area (Å²) in [6.07, 6.45) is 4.17. The SMILES string of the molecule is C=CCN(Cc1ccccc1)C(=O)[C@@H]1[C@H]2C(=O)N(CCO)C(C(=O)N(CC=C)c3cc(C)ccc3C)C23S[C@@H]1CC3C. The van der Waals surface area contributed by atoms with Gasteiger partial charge in [0, 0.05) is 37.1 Å². The minimum absolute atomic E-state index is 0.0364. The van der Waals surface area contributed by atoms with Gasteiger partial charge in [-0.1, -0.05) is 61.5 Å². The van der Waals surface area contributed by atoms with E-state index in [1.54, 1.807) is 38.6 Å². The average Bonchev–Trinajstić information content (AvgIpc) is 3.56. The highest BCUT2D eigenvalue weighted by Crippen LogP contribution is 2.69. The van der Waals surface area contributed by atoms with Gasteiger partial charge in [-0.2, -0.15) is 0 Å². The maximum Gasteiger partial charge on any atom is 0.251 e. The van der Waals surface area contributed by atoms with Gasteiger partial charge in [0.05, 0.1) is 23.2 Å². The minimum atomic E-state index is -0.799. The summed E-state index contributed by atoms with van der Waals surface area (Å²) in [5, 5.41) is 9.98. The van der Waals surface area contributed by atoms with E-state index in [0.29, 0.717) is 13.1 Å². The predicted molar refractivity (Wildman–Crippen MR) is 168 cm³/mol. The molecule has 1 spiro atoms. The number of likely N-dealkylation sites (tertiary alicyclic amines) is 1. The summed E-state index contributed by atoms with van der Waals surface area (Å²) >= 11 is 1.65. The van der Waals surface area contributed by atoms with Crippen molar-refractivity contribution in [3.63, 3.8) is 0 Å². The number of carbonyl (C=O) groups is 3. The molecular weight excluding hydrogens is 546 g/mol. The van der Waals surface area contributed by atoms with E-state index in [-0.39, 0.29) is 48.6 Å². The summed E-state index contributed by atoms with van der Waals surface area (Å²) in [6, 6.07) is 15.0. The molecule has 2 aromatic rings. The molecule has 3 fully saturated rings. The van der Waals surface area contributed by atoms with Crippen molar-refractivity contribution in [2.45, 2.75) is 49.8 Å². The summed E-state index contributed by atoms with van der Waals surface area (Å²) in [5.74, 6) is -1.62. The molecular formula is C34H41N3O4S. The van der Waals surface area contributed by atoms with E-state index in [1.807, 2.05) is 62.4 Å². The molecule has 2 bridgehead atoms. The van der Waals surface area contributed by atoms with Gasteiger partial charge in [-0.05, 0) is 48.9 Å². The lowest BCUT2D eigenvalue weighted by atomic mass is 9.65. The molecule has 3 heterocycles. The van der Waals surface area contributed by atoms with Crippen LogP contribution < -0.4 is 4.90 Å². The molecule has 3 aliphatic rings. The maximum absolute atomic E-state index is 14.7. The van der Waals surface area contributed by atoms with Gasteiger partial charge in [0.1, 0.15) is 6.04 Å². The smallest absolute Gasteiger partial charge is 0.251 e. The molecule has 3 saturated heterocycles. The van der Waals surface area contributed by atoms with Crippen molar-refractivity contribution in [1.82, 2.24) is 9.80 Å². The lowest BCUT2D eigenvalue weighted by Crippen LogP contribution is -2.58. The second-order valence-electron chi connectivity index (χ2n) is 11.8. The van der Waals surface area contributed by atoms with Gasteiger partial charge in [-0.3, -0.25) is 14.4 Å². The number of anilines is 1. The zero-order chi connectivity index (χ0) is 30.2. The Morgan fingerprint density at radius 2 is 1.81 bits per heavy atom. The number of aryl methyl sites for hydroxylation is 2. The lowest BCUT2D eigenvalue weighted by Gasteiger charge is -2.41. The first-order valence-corrected chi connectivity index (χ1v) is 15.6. The van der Waals surface area contributed by atoms with E-state index in [4.69, 9.17) is 0 Å². The number of hydrogen-bond acceptors (Lipinski definition) is 5. The number of nitrogens with zero attached hydrogens (tertiary/aromatic N) is 3. The van der Waals surface area contributed by atoms with Crippen molar-refractivity contribution in [3.05, 3.63) is 90.5 Å². The molecule has 0 radical (unpaired) electrons. The van der Waals surface area contributed by atoms with Crippen LogP contribution in [0.2, 0.25) is 0 Å². The van der Waals surface area contributed by atoms with Crippen molar-refractivity contribution >= 4 is 35.2 Å². The van der Waals surface area contributed by atoms with Gasteiger partial charge in [0.15, 0.2) is 0 Å². The number of β-amino-alcohol motifs (C(OH)–C–C–N with tert-alkyl or cyclic N) is 1. The Kier molecular flexibility index (Phi) is 8.67. The largest absolute Gasteiger partial charge is 0.395 e. The van der Waals surface area contributed by atoms with Crippen molar-refractivity contribution in [2.24, 2.45) is 17.8 Å². The van der Waals surface area contributed by atoms with Crippen LogP contribution in [0.5, 0.6) is 0 Å². The first-order chi connectivity index (χ1) is 20.2. The number of rotatable bonds is 11. The molecule has 0 aromatic heterocycles. The number of benzene rings is 2. The second kappa shape index (κ2) is 12.1. The summed E-state index contributed by atoms with van der Waals surface area (Å²) in [4.78, 5) is 48.5. The van der Waals surface area contributed by atoms with E-state index in [0.717, 1.165) is 28.8 Å². The van der Waals surface area contributed by atoms with Gasteiger partial charge in [-0.25, -0.2) is 0 Å². The molecule has 3 unspecified atom stereocenters. The number of thioether (sulfide) groups is 1. The molecule has 3 aliphatic heterocycles. The highest BCUT2D eigenvalue weighted by molar-refractivity contribution is 8.02. The highest BCUT2D eigenvalue weighted by Gasteiger charge is 2.76. The zero-order valence-corrected chi connectivity index (χ0v) is 25.6. The lowest BCUT2D eigenvalue weighted by molar-refractivity contribution is -0.144. The van der Waals surface area contributed by atoms with Gasteiger partial charge < -0.3 is 19.8 Å². The van der Waals surface area contributed by atoms with E-state index >= 15 is 0 Å². The van der Waals surface area contributed by atoms with Crippen LogP contribution in [-0.2, 0) is 20.9 Å². The van der Waals surface area contributed by atoms with Crippen LogP contribution in [0.4, 0.5) is 5.69 Å². The van der Waals surface area contributed by atoms with Crippen molar-refractivity contribution in [1.29, 1.82) is 0 Å². The van der Waals surface area contributed by atoms with Crippen LogP contribution in [0.3, 0.4) is 0 Å². The fourth-order valence-electron chi connectivity index (χ4n) is 7.43. The summed E-state index contributed by atoms with van der Waals surface area (Å²) in [7, 11) is 0. The molecule has 0 aliphatic carbocycles. The van der Waals surface area contributed by atoms with E-state index in [1.165, 1.54) is 0 Å². The molecule has 8 heteroatoms. The number of aliphatic hydroxyl groups is 1. The van der Waals surface area contributed by atoms with E-state index in [9.17, 15) is 19.5 Å². The van der Waals surface area contributed by atoms with E-state index < -0.39 is 22.6 Å². The topological polar surface area (TPSA) is 81.2 Å². The maximum atomic E-state index is 14.7. The molecule has 222 valence electrons. The Morgan fingerprint density at radius 1 is 1.10 bits per heavy atom. The van der Waals surface area contributed by atoms with Crippen LogP contribution in [0, 0.1) is 31.6 Å². The van der Waals surface area contributed by atoms with Gasteiger partial charge in [0.2, 0.25) is 11.8 Å². The highest BCUT2D eigenvalue weighted by atomic mass is 32.2. The molecule has 1 N–H and O–H groups in total. The van der Waals surface area contributed by atoms with Gasteiger partial charge >= 0.3 is 0 Å². The third-order valence-electron chi connectivity index (χ3n) is 9.22. The van der Waals surface area contributed by atoms with Crippen LogP contribution in [0.25, 0.3) is 0 Å². The fourth-order valence-corrected chi connectivity index (χ4v) is 9.83. The molecule has 0 saturated carbocycles. The Labute approximate surface area is 253 Å². The van der Waals surface area contributed by atoms with E-state index in [2.05, 4.69) is 20.1 Å². The number of hydrogen-bond donors (Lipinski definition) is 1. The molecule has 7 nitrogen and oxygen atoms in total. The van der Waals surface area contributed by atoms with Gasteiger partial charge in [-0.15, -0.1) is 24.9 Å². The van der Waals surface area contributed by atoms with Crippen molar-refractivity contribution in [2.75, 3.05) is 31.1 Å². The minimum Gasteiger partial charge on any atom is -0.395 e. The Balaban J connectivity index is 1.56. The summed E-state index contributed by atoms with van der Waals surface area (Å²) in [6.45, 7) is 14.7. The summed E-state index contributed by atoms with van der Waals surface area (Å²) < 4.78 is -0.766. The molecule has 3 amide bonds. The number of fused-ring (bicyclic) bond motifs is 1. The third-order valence-corrected chi connectivity index (χ3v) is 11.3. The van der Waals surface area contributed by atoms with Crippen LogP contribution in [0.1, 0.15) is 30.0 Å². The number of carbonyl (C=O) groups excluding carboxylic acids is 3. The molecule has 42 heavy (non-hydrogen) atoms. The number of aliphatic hydroxyl groups excluding tert-OH is 1. The van der Waals surface area contributed by atoms with Crippen molar-refractivity contribution < 1.29 is 19.5 Å². The zero-order valence-electron chi connectivity index (χ0n) is 24.7. The monoisotopic (exact) mass is 587 g/mol.